The van der Waals surface area contributed by atoms with Gasteiger partial charge < -0.3 is 16.6 Å². The number of hydrogen-bond donors (Lipinski definition) is 3. The molecule has 5 N–H and O–H groups in total. The second kappa shape index (κ2) is 2.18. The monoisotopic (exact) mass is 182 g/mol. The molecule has 0 atom stereocenters. The lowest BCUT2D eigenvalue weighted by atomic mass is 10.5. The van der Waals surface area contributed by atoms with Crippen LogP contribution in [0.25, 0.3) is 11.2 Å². The van der Waals surface area contributed by atoms with E-state index in [0.717, 1.165) is 0 Å². The van der Waals surface area contributed by atoms with Gasteiger partial charge in [-0.3, -0.25) is 0 Å². The molecule has 2 aromatic rings. The van der Waals surface area contributed by atoms with Gasteiger partial charge in [0.1, 0.15) is 11.8 Å². The lowest BCUT2D eigenvalue weighted by Crippen LogP contribution is -2.07. The molecule has 62 valence electrons. The van der Waals surface area contributed by atoms with Crippen molar-refractivity contribution in [1.29, 1.82) is 0 Å². The predicted octanol–water partition coefficient (Wildman–Crippen LogP) is -0.215. The van der Waals surface area contributed by atoms with Gasteiger partial charge in [-0.15, -0.1) is 0 Å². The lowest BCUT2D eigenvalue weighted by molar-refractivity contribution is 1.01. The van der Waals surface area contributed by atoms with E-state index in [2.05, 4.69) is 15.0 Å². The van der Waals surface area contributed by atoms with Gasteiger partial charge in [-0.2, -0.15) is 0 Å². The molecule has 2 aromatic heterocycles. The molecule has 0 bridgehead atoms. The Morgan fingerprint density at radius 1 is 1.58 bits per heavy atom. The minimum absolute atomic E-state index is 0.236. The van der Waals surface area contributed by atoms with Crippen molar-refractivity contribution in [2.75, 3.05) is 11.6 Å². The molecule has 0 saturated carbocycles. The van der Waals surface area contributed by atoms with E-state index >= 15 is 0 Å². The van der Waals surface area contributed by atoms with E-state index in [4.69, 9.17) is 23.8 Å². The van der Waals surface area contributed by atoms with Gasteiger partial charge in [0, 0.05) is 0 Å². The minimum atomic E-state index is 0.236. The van der Waals surface area contributed by atoms with Gasteiger partial charge >= 0.3 is 0 Å². The molecule has 0 amide bonds. The van der Waals surface area contributed by atoms with Crippen molar-refractivity contribution in [3.8, 4) is 0 Å². The van der Waals surface area contributed by atoms with E-state index in [1.165, 1.54) is 11.0 Å². The molecule has 2 heterocycles. The summed E-state index contributed by atoms with van der Waals surface area (Å²) in [5, 5.41) is 0. The van der Waals surface area contributed by atoms with Crippen molar-refractivity contribution < 1.29 is 0 Å². The molecule has 0 spiro atoms. The van der Waals surface area contributed by atoms with Crippen molar-refractivity contribution in [3.63, 3.8) is 0 Å². The molecule has 0 aliphatic carbocycles. The fourth-order valence-electron chi connectivity index (χ4n) is 0.953. The highest BCUT2D eigenvalue weighted by atomic mass is 32.1. The smallest absolute Gasteiger partial charge is 0.200 e. The van der Waals surface area contributed by atoms with Crippen LogP contribution in [-0.4, -0.2) is 19.6 Å². The van der Waals surface area contributed by atoms with Gasteiger partial charge in [0.25, 0.3) is 0 Å². The summed E-state index contributed by atoms with van der Waals surface area (Å²) in [6.07, 6.45) is 1.44. The van der Waals surface area contributed by atoms with Crippen LogP contribution < -0.4 is 11.6 Å². The van der Waals surface area contributed by atoms with E-state index in [1.54, 1.807) is 0 Å². The summed E-state index contributed by atoms with van der Waals surface area (Å²) in [7, 11) is 0. The normalized spacial score (nSPS) is 10.7. The standard InChI is InChI=1S/C5H6N6S/c6-5-9-3-2(4(12)10-5)8-1-11(3)7/h1H,7H2,(H3,6,9,10,12). The van der Waals surface area contributed by atoms with Crippen LogP contribution >= 0.6 is 12.2 Å². The minimum Gasteiger partial charge on any atom is -0.369 e. The van der Waals surface area contributed by atoms with Gasteiger partial charge in [-0.1, -0.05) is 12.2 Å². The lowest BCUT2D eigenvalue weighted by Gasteiger charge is -1.95. The number of H-pyrrole nitrogens is 1. The molecule has 0 aromatic carbocycles. The summed E-state index contributed by atoms with van der Waals surface area (Å²) in [6, 6.07) is 0. The fourth-order valence-corrected chi connectivity index (χ4v) is 1.20. The van der Waals surface area contributed by atoms with Gasteiger partial charge in [-0.25, -0.2) is 14.6 Å². The number of nitrogens with zero attached hydrogens (tertiary/aromatic N) is 3. The van der Waals surface area contributed by atoms with Crippen molar-refractivity contribution in [3.05, 3.63) is 11.0 Å². The Bertz CT molecular complexity index is 482. The maximum Gasteiger partial charge on any atom is 0.200 e. The Labute approximate surface area is 72.2 Å². The molecule has 0 fully saturated rings. The highest BCUT2D eigenvalue weighted by Gasteiger charge is 2.03. The first-order valence-corrected chi connectivity index (χ1v) is 3.57. The van der Waals surface area contributed by atoms with Crippen LogP contribution in [0, 0.1) is 4.64 Å². The largest absolute Gasteiger partial charge is 0.369 e. The number of fused-ring (bicyclic) bond motifs is 1. The third kappa shape index (κ3) is 0.832. The molecule has 0 saturated heterocycles. The van der Waals surface area contributed by atoms with E-state index in [9.17, 15) is 0 Å². The van der Waals surface area contributed by atoms with Crippen LogP contribution in [0.3, 0.4) is 0 Å². The second-order valence-corrected chi connectivity index (χ2v) is 2.66. The Morgan fingerprint density at radius 3 is 3.08 bits per heavy atom. The summed E-state index contributed by atoms with van der Waals surface area (Å²) in [4.78, 5) is 10.5. The van der Waals surface area contributed by atoms with Crippen LogP contribution in [0.2, 0.25) is 0 Å². The van der Waals surface area contributed by atoms with Gasteiger partial charge in [0.15, 0.2) is 10.3 Å². The van der Waals surface area contributed by atoms with Crippen molar-refractivity contribution >= 4 is 29.3 Å². The number of nitrogens with two attached hydrogens (primary N) is 2. The third-order valence-electron chi connectivity index (χ3n) is 1.46. The second-order valence-electron chi connectivity index (χ2n) is 2.28. The Morgan fingerprint density at radius 2 is 2.33 bits per heavy atom. The predicted molar refractivity (Wildman–Crippen MR) is 47.3 cm³/mol. The number of anilines is 1. The Balaban J connectivity index is 3.03. The summed E-state index contributed by atoms with van der Waals surface area (Å²) < 4.78 is 1.66. The van der Waals surface area contributed by atoms with Crippen LogP contribution in [0.4, 0.5) is 5.95 Å². The third-order valence-corrected chi connectivity index (χ3v) is 1.75. The Hall–Kier alpha value is -1.63. The maximum absolute atomic E-state index is 5.51. The summed E-state index contributed by atoms with van der Waals surface area (Å²) >= 11 is 4.91. The first-order chi connectivity index (χ1) is 5.68. The number of imidazole rings is 1. The van der Waals surface area contributed by atoms with Crippen LogP contribution in [0.1, 0.15) is 0 Å². The average Bonchev–Trinajstić information content (AvgIpc) is 2.33. The molecule has 6 nitrogen and oxygen atoms in total. The summed E-state index contributed by atoms with van der Waals surface area (Å²) in [5.74, 6) is 5.74. The quantitative estimate of drug-likeness (QED) is 0.386. The van der Waals surface area contributed by atoms with Gasteiger partial charge in [-0.05, 0) is 0 Å². The number of aromatic nitrogens is 4. The summed E-state index contributed by atoms with van der Waals surface area (Å²) in [5.41, 5.74) is 6.56. The van der Waals surface area contributed by atoms with E-state index in [-0.39, 0.29) is 5.95 Å². The molecule has 0 aliphatic heterocycles. The maximum atomic E-state index is 5.51. The first-order valence-electron chi connectivity index (χ1n) is 3.16. The van der Waals surface area contributed by atoms with Crippen molar-refractivity contribution in [1.82, 2.24) is 19.6 Å². The fraction of sp³-hybridized carbons (Fsp3) is 0. The zero-order valence-corrected chi connectivity index (χ0v) is 6.80. The molecular formula is C5H6N6S. The highest BCUT2D eigenvalue weighted by Crippen LogP contribution is 2.08. The van der Waals surface area contributed by atoms with Crippen LogP contribution in [-0.2, 0) is 0 Å². The molecule has 0 radical (unpaired) electrons. The van der Waals surface area contributed by atoms with E-state index < -0.39 is 0 Å². The van der Waals surface area contributed by atoms with Gasteiger partial charge in [0.05, 0.1) is 0 Å². The zero-order chi connectivity index (χ0) is 8.72. The zero-order valence-electron chi connectivity index (χ0n) is 5.98. The molecule has 7 heteroatoms. The first kappa shape index (κ1) is 7.04. The SMILES string of the molecule is Nc1nc(=S)c2ncn(N)c2[nH]1. The molecule has 0 aliphatic rings. The number of hydrogen-bond acceptors (Lipinski definition) is 5. The van der Waals surface area contributed by atoms with Gasteiger partial charge in [0.2, 0.25) is 5.95 Å². The molecule has 2 rings (SSSR count). The average molecular weight is 182 g/mol. The molecule has 0 unspecified atom stereocenters. The van der Waals surface area contributed by atoms with Crippen molar-refractivity contribution in [2.24, 2.45) is 0 Å². The number of rotatable bonds is 0. The highest BCUT2D eigenvalue weighted by molar-refractivity contribution is 7.71. The van der Waals surface area contributed by atoms with Crippen LogP contribution in [0.5, 0.6) is 0 Å². The Kier molecular flexibility index (Phi) is 1.28. The summed E-state index contributed by atoms with van der Waals surface area (Å²) in [6.45, 7) is 0. The van der Waals surface area contributed by atoms with E-state index in [0.29, 0.717) is 15.8 Å². The molecule has 12 heavy (non-hydrogen) atoms. The van der Waals surface area contributed by atoms with Crippen molar-refractivity contribution in [2.45, 2.75) is 0 Å². The van der Waals surface area contributed by atoms with Crippen LogP contribution in [0.15, 0.2) is 6.33 Å². The number of aromatic amines is 1. The number of nitrogens with one attached hydrogen (secondary N) is 1. The topological polar surface area (TPSA) is 98.5 Å². The molecular weight excluding hydrogens is 176 g/mol. The van der Waals surface area contributed by atoms with E-state index in [1.807, 2.05) is 0 Å². The number of nitrogen functional groups attached to an aromatic ring is 2.